The first-order valence-corrected chi connectivity index (χ1v) is 8.13. The fourth-order valence-corrected chi connectivity index (χ4v) is 3.71. The highest BCUT2D eigenvalue weighted by Gasteiger charge is 2.20. The Morgan fingerprint density at radius 2 is 2.30 bits per heavy atom. The van der Waals surface area contributed by atoms with Crippen LogP contribution in [0.4, 0.5) is 0 Å². The molecule has 0 fully saturated rings. The van der Waals surface area contributed by atoms with Gasteiger partial charge in [-0.2, -0.15) is 5.10 Å². The minimum atomic E-state index is 0.0748. The first kappa shape index (κ1) is 13.7. The van der Waals surface area contributed by atoms with Crippen LogP contribution in [0.2, 0.25) is 0 Å². The van der Waals surface area contributed by atoms with Gasteiger partial charge in [0.15, 0.2) is 0 Å². The molecular formula is C14H15BrN4S. The molecule has 0 saturated heterocycles. The van der Waals surface area contributed by atoms with Crippen LogP contribution in [-0.2, 0) is 6.54 Å². The van der Waals surface area contributed by atoms with Crippen LogP contribution in [0.15, 0.2) is 34.4 Å². The molecule has 0 bridgehead atoms. The van der Waals surface area contributed by atoms with Crippen molar-refractivity contribution in [3.05, 3.63) is 45.6 Å². The maximum absolute atomic E-state index is 4.53. The van der Waals surface area contributed by atoms with Crippen molar-refractivity contribution in [2.75, 3.05) is 7.05 Å². The highest BCUT2D eigenvalue weighted by molar-refractivity contribution is 9.10. The summed E-state index contributed by atoms with van der Waals surface area (Å²) in [5, 5.41) is 9.83. The van der Waals surface area contributed by atoms with E-state index in [2.05, 4.69) is 49.7 Å². The van der Waals surface area contributed by atoms with Gasteiger partial charge in [-0.25, -0.2) is 0 Å². The van der Waals surface area contributed by atoms with E-state index < -0.39 is 0 Å². The van der Waals surface area contributed by atoms with Gasteiger partial charge in [0.25, 0.3) is 0 Å². The SMILES string of the molecule is CCn1ncc(Br)c1C(NC)c1cnc2ccsc2c1. The molecule has 3 rings (SSSR count). The second-order valence-corrected chi connectivity index (χ2v) is 6.29. The van der Waals surface area contributed by atoms with Crippen LogP contribution in [0, 0.1) is 0 Å². The van der Waals surface area contributed by atoms with Gasteiger partial charge in [0, 0.05) is 12.7 Å². The third-order valence-corrected chi connectivity index (χ3v) is 4.82. The van der Waals surface area contributed by atoms with E-state index >= 15 is 0 Å². The molecule has 4 nitrogen and oxygen atoms in total. The second kappa shape index (κ2) is 5.63. The number of thiophene rings is 1. The van der Waals surface area contributed by atoms with Crippen LogP contribution < -0.4 is 5.32 Å². The van der Waals surface area contributed by atoms with Crippen molar-refractivity contribution in [2.45, 2.75) is 19.5 Å². The average molecular weight is 351 g/mol. The van der Waals surface area contributed by atoms with E-state index in [1.54, 1.807) is 11.3 Å². The molecule has 0 aromatic carbocycles. The van der Waals surface area contributed by atoms with Crippen molar-refractivity contribution in [2.24, 2.45) is 0 Å². The number of halogens is 1. The van der Waals surface area contributed by atoms with E-state index in [-0.39, 0.29) is 6.04 Å². The lowest BCUT2D eigenvalue weighted by Gasteiger charge is -2.18. The van der Waals surface area contributed by atoms with Gasteiger partial charge >= 0.3 is 0 Å². The number of hydrogen-bond acceptors (Lipinski definition) is 4. The monoisotopic (exact) mass is 350 g/mol. The van der Waals surface area contributed by atoms with Crippen LogP contribution in [0.1, 0.15) is 24.2 Å². The molecule has 20 heavy (non-hydrogen) atoms. The second-order valence-electron chi connectivity index (χ2n) is 4.49. The minimum absolute atomic E-state index is 0.0748. The minimum Gasteiger partial charge on any atom is -0.308 e. The van der Waals surface area contributed by atoms with Gasteiger partial charge in [0.1, 0.15) is 0 Å². The molecule has 3 aromatic rings. The largest absolute Gasteiger partial charge is 0.308 e. The van der Waals surface area contributed by atoms with E-state index in [1.807, 2.05) is 30.2 Å². The molecule has 0 spiro atoms. The van der Waals surface area contributed by atoms with Gasteiger partial charge in [-0.05, 0) is 53.0 Å². The standard InChI is InChI=1S/C14H15BrN4S/c1-3-19-14(10(15)8-18-19)13(16-2)9-6-12-11(17-7-9)4-5-20-12/h4-8,13,16H,3H2,1-2H3. The maximum atomic E-state index is 4.53. The molecule has 104 valence electrons. The quantitative estimate of drug-likeness (QED) is 0.781. The molecule has 1 unspecified atom stereocenters. The summed E-state index contributed by atoms with van der Waals surface area (Å²) in [4.78, 5) is 4.53. The third-order valence-electron chi connectivity index (χ3n) is 3.35. The molecule has 6 heteroatoms. The highest BCUT2D eigenvalue weighted by atomic mass is 79.9. The predicted octanol–water partition coefficient (Wildman–Crippen LogP) is 3.58. The number of aromatic nitrogens is 3. The zero-order valence-electron chi connectivity index (χ0n) is 11.3. The van der Waals surface area contributed by atoms with Crippen molar-refractivity contribution in [3.63, 3.8) is 0 Å². The van der Waals surface area contributed by atoms with Gasteiger partial charge < -0.3 is 5.32 Å². The van der Waals surface area contributed by atoms with Crippen LogP contribution in [0.25, 0.3) is 10.2 Å². The zero-order chi connectivity index (χ0) is 14.1. The summed E-state index contributed by atoms with van der Waals surface area (Å²) in [7, 11) is 1.96. The number of nitrogens with zero attached hydrogens (tertiary/aromatic N) is 3. The maximum Gasteiger partial charge on any atom is 0.0809 e. The number of hydrogen-bond donors (Lipinski definition) is 1. The van der Waals surface area contributed by atoms with Gasteiger partial charge in [-0.1, -0.05) is 0 Å². The molecule has 0 radical (unpaired) electrons. The number of nitrogens with one attached hydrogen (secondary N) is 1. The first-order valence-electron chi connectivity index (χ1n) is 6.46. The lowest BCUT2D eigenvalue weighted by molar-refractivity contribution is 0.561. The summed E-state index contributed by atoms with van der Waals surface area (Å²) in [6.45, 7) is 2.93. The number of rotatable bonds is 4. The Hall–Kier alpha value is -1.24. The highest BCUT2D eigenvalue weighted by Crippen LogP contribution is 2.30. The van der Waals surface area contributed by atoms with E-state index in [4.69, 9.17) is 0 Å². The van der Waals surface area contributed by atoms with E-state index in [1.165, 1.54) is 4.70 Å². The predicted molar refractivity (Wildman–Crippen MR) is 86.1 cm³/mol. The van der Waals surface area contributed by atoms with Crippen LogP contribution in [0.5, 0.6) is 0 Å². The van der Waals surface area contributed by atoms with Crippen molar-refractivity contribution in [1.29, 1.82) is 0 Å². The van der Waals surface area contributed by atoms with E-state index in [0.29, 0.717) is 0 Å². The van der Waals surface area contributed by atoms with Crippen molar-refractivity contribution >= 4 is 37.5 Å². The molecule has 0 aliphatic carbocycles. The smallest absolute Gasteiger partial charge is 0.0809 e. The Morgan fingerprint density at radius 3 is 3.05 bits per heavy atom. The summed E-state index contributed by atoms with van der Waals surface area (Å²) < 4.78 is 4.23. The van der Waals surface area contributed by atoms with E-state index in [0.717, 1.165) is 27.8 Å². The molecule has 0 aliphatic heterocycles. The fourth-order valence-electron chi connectivity index (χ4n) is 2.39. The lowest BCUT2D eigenvalue weighted by atomic mass is 10.1. The van der Waals surface area contributed by atoms with Crippen molar-refractivity contribution < 1.29 is 0 Å². The average Bonchev–Trinajstić information content (AvgIpc) is 3.07. The Kier molecular flexibility index (Phi) is 3.87. The molecule has 0 aliphatic rings. The number of pyridine rings is 1. The lowest BCUT2D eigenvalue weighted by Crippen LogP contribution is -2.22. The fraction of sp³-hybridized carbons (Fsp3) is 0.286. The van der Waals surface area contributed by atoms with Gasteiger partial charge in [0.2, 0.25) is 0 Å². The molecule has 0 amide bonds. The molecule has 0 saturated carbocycles. The van der Waals surface area contributed by atoms with Gasteiger partial charge in [0.05, 0.1) is 32.6 Å². The Morgan fingerprint density at radius 1 is 1.45 bits per heavy atom. The Balaban J connectivity index is 2.10. The summed E-state index contributed by atoms with van der Waals surface area (Å²) in [6, 6.07) is 4.32. The van der Waals surface area contributed by atoms with Crippen LogP contribution >= 0.6 is 27.3 Å². The van der Waals surface area contributed by atoms with E-state index in [9.17, 15) is 0 Å². The Labute approximate surface area is 130 Å². The molecular weight excluding hydrogens is 336 g/mol. The molecule has 1 N–H and O–H groups in total. The first-order chi connectivity index (χ1) is 9.74. The summed E-state index contributed by atoms with van der Waals surface area (Å²) in [5.74, 6) is 0. The Bertz CT molecular complexity index is 734. The zero-order valence-corrected chi connectivity index (χ0v) is 13.7. The van der Waals surface area contributed by atoms with Crippen LogP contribution in [-0.4, -0.2) is 21.8 Å². The van der Waals surface area contributed by atoms with Gasteiger partial charge in [-0.15, -0.1) is 11.3 Å². The summed E-state index contributed by atoms with van der Waals surface area (Å²) in [5.41, 5.74) is 3.34. The summed E-state index contributed by atoms with van der Waals surface area (Å²) in [6.07, 6.45) is 3.79. The molecule has 3 aromatic heterocycles. The third kappa shape index (κ3) is 2.28. The summed E-state index contributed by atoms with van der Waals surface area (Å²) >= 11 is 5.31. The van der Waals surface area contributed by atoms with Gasteiger partial charge in [-0.3, -0.25) is 9.67 Å². The van der Waals surface area contributed by atoms with Crippen LogP contribution in [0.3, 0.4) is 0 Å². The topological polar surface area (TPSA) is 42.7 Å². The molecule has 3 heterocycles. The number of fused-ring (bicyclic) bond motifs is 1. The molecule has 1 atom stereocenters. The normalized spacial score (nSPS) is 12.9. The van der Waals surface area contributed by atoms with Crippen molar-refractivity contribution in [3.8, 4) is 0 Å². The number of aryl methyl sites for hydroxylation is 1. The van der Waals surface area contributed by atoms with Crippen molar-refractivity contribution in [1.82, 2.24) is 20.1 Å².